The summed E-state index contributed by atoms with van der Waals surface area (Å²) in [5.41, 5.74) is 2.90. The van der Waals surface area contributed by atoms with E-state index in [1.165, 1.54) is 19.5 Å². The molecule has 9 heteroatoms. The lowest BCUT2D eigenvalue weighted by molar-refractivity contribution is -0.136. The maximum absolute atomic E-state index is 14.1. The molecular formula is C28H25FN4O4. The van der Waals surface area contributed by atoms with Crippen molar-refractivity contribution in [1.29, 1.82) is 0 Å². The Hall–Kier alpha value is -4.66. The topological polar surface area (TPSA) is 87.5 Å². The molecule has 0 unspecified atom stereocenters. The van der Waals surface area contributed by atoms with E-state index in [2.05, 4.69) is 15.4 Å². The molecule has 1 atom stereocenters. The zero-order valence-corrected chi connectivity index (χ0v) is 20.3. The Balaban J connectivity index is 1.59. The van der Waals surface area contributed by atoms with E-state index in [1.54, 1.807) is 35.0 Å². The molecule has 1 aromatic heterocycles. The molecule has 0 saturated heterocycles. The van der Waals surface area contributed by atoms with Crippen molar-refractivity contribution in [3.8, 4) is 11.5 Å². The first-order chi connectivity index (χ1) is 18.1. The number of fused-ring (bicyclic) bond motifs is 1. The molecule has 3 aromatic carbocycles. The minimum atomic E-state index is -0.652. The molecule has 5 rings (SSSR count). The average molecular weight is 501 g/mol. The second-order valence-electron chi connectivity index (χ2n) is 8.22. The number of aromatic nitrogens is 3. The van der Waals surface area contributed by atoms with Crippen molar-refractivity contribution in [2.24, 2.45) is 0 Å². The number of ether oxygens (including phenoxy) is 3. The van der Waals surface area contributed by atoms with Crippen molar-refractivity contribution in [3.05, 3.63) is 107 Å². The number of nitrogens with zero attached hydrogens (tertiary/aromatic N) is 3. The van der Waals surface area contributed by atoms with Gasteiger partial charge >= 0.3 is 5.97 Å². The minimum absolute atomic E-state index is 0.0398. The van der Waals surface area contributed by atoms with Crippen LogP contribution in [0.1, 0.15) is 29.7 Å². The summed E-state index contributed by atoms with van der Waals surface area (Å²) in [6.07, 6.45) is 1.42. The van der Waals surface area contributed by atoms with Gasteiger partial charge in [-0.2, -0.15) is 10.1 Å². The predicted octanol–water partition coefficient (Wildman–Crippen LogP) is 4.99. The third kappa shape index (κ3) is 4.75. The number of rotatable bonds is 8. The van der Waals surface area contributed by atoms with Crippen LogP contribution in [0.25, 0.3) is 5.70 Å². The van der Waals surface area contributed by atoms with Gasteiger partial charge in [0.25, 0.3) is 0 Å². The number of benzene rings is 3. The van der Waals surface area contributed by atoms with Crippen molar-refractivity contribution in [2.75, 3.05) is 19.0 Å². The summed E-state index contributed by atoms with van der Waals surface area (Å²) in [5.74, 6) is 0.548. The fourth-order valence-electron chi connectivity index (χ4n) is 4.28. The maximum Gasteiger partial charge on any atom is 0.338 e. The average Bonchev–Trinajstić information content (AvgIpc) is 3.41. The normalized spacial score (nSPS) is 14.5. The number of carbonyl (C=O) groups excluding carboxylic acids is 1. The molecule has 0 bridgehead atoms. The number of hydrogen-bond acceptors (Lipinski definition) is 7. The molecule has 37 heavy (non-hydrogen) atoms. The van der Waals surface area contributed by atoms with Gasteiger partial charge in [0.1, 0.15) is 24.8 Å². The molecule has 188 valence electrons. The third-order valence-electron chi connectivity index (χ3n) is 5.99. The quantitative estimate of drug-likeness (QED) is 0.341. The first-order valence-corrected chi connectivity index (χ1v) is 11.8. The van der Waals surface area contributed by atoms with E-state index >= 15 is 0 Å². The molecular weight excluding hydrogens is 475 g/mol. The number of methoxy groups -OCH3 is 1. The fraction of sp³-hybridized carbons (Fsp3) is 0.179. The van der Waals surface area contributed by atoms with Gasteiger partial charge in [-0.3, -0.25) is 0 Å². The lowest BCUT2D eigenvalue weighted by Gasteiger charge is -2.29. The van der Waals surface area contributed by atoms with Gasteiger partial charge < -0.3 is 19.5 Å². The van der Waals surface area contributed by atoms with Crippen LogP contribution < -0.4 is 14.8 Å². The molecule has 1 aliphatic heterocycles. The summed E-state index contributed by atoms with van der Waals surface area (Å²) in [6.45, 7) is 2.29. The van der Waals surface area contributed by atoms with E-state index in [1.807, 2.05) is 43.3 Å². The summed E-state index contributed by atoms with van der Waals surface area (Å²) in [6, 6.07) is 20.7. The number of nitrogens with one attached hydrogen (secondary N) is 1. The van der Waals surface area contributed by atoms with Crippen molar-refractivity contribution >= 4 is 17.6 Å². The van der Waals surface area contributed by atoms with Crippen LogP contribution in [-0.2, 0) is 16.1 Å². The number of esters is 1. The highest BCUT2D eigenvalue weighted by Gasteiger charge is 2.36. The number of carbonyl (C=O) groups is 1. The molecule has 0 spiro atoms. The number of halogens is 1. The van der Waals surface area contributed by atoms with Crippen molar-refractivity contribution in [2.45, 2.75) is 19.6 Å². The van der Waals surface area contributed by atoms with Gasteiger partial charge in [-0.15, -0.1) is 0 Å². The standard InChI is InChI=1S/C28H25FN4O4/c1-3-36-23-15-19(13-14-22(23)37-16-20-11-7-8-12-21(20)29)26-24(27(34)35-2)25(18-9-5-4-6-10-18)32-28-30-17-31-33(26)28/h4-15,17,26H,3,16H2,1-2H3,(H,30,31,32)/t26-/m1/s1. The van der Waals surface area contributed by atoms with Crippen LogP contribution in [0, 0.1) is 5.82 Å². The molecule has 1 aliphatic rings. The van der Waals surface area contributed by atoms with Gasteiger partial charge in [0.05, 0.1) is 25.0 Å². The second-order valence-corrected chi connectivity index (χ2v) is 8.22. The lowest BCUT2D eigenvalue weighted by atomic mass is 9.92. The molecule has 0 radical (unpaired) electrons. The van der Waals surface area contributed by atoms with Gasteiger partial charge in [-0.05, 0) is 36.2 Å². The molecule has 1 N–H and O–H groups in total. The van der Waals surface area contributed by atoms with E-state index in [9.17, 15) is 9.18 Å². The smallest absolute Gasteiger partial charge is 0.338 e. The summed E-state index contributed by atoms with van der Waals surface area (Å²) >= 11 is 0. The highest BCUT2D eigenvalue weighted by atomic mass is 19.1. The zero-order chi connectivity index (χ0) is 25.8. The van der Waals surface area contributed by atoms with Crippen LogP contribution >= 0.6 is 0 Å². The Bertz CT molecular complexity index is 1450. The first kappa shape index (κ1) is 24.1. The van der Waals surface area contributed by atoms with E-state index in [-0.39, 0.29) is 12.4 Å². The third-order valence-corrected chi connectivity index (χ3v) is 5.99. The summed E-state index contributed by atoms with van der Waals surface area (Å²) in [5, 5.41) is 7.61. The summed E-state index contributed by atoms with van der Waals surface area (Å²) in [7, 11) is 1.34. The summed E-state index contributed by atoms with van der Waals surface area (Å²) < 4.78 is 32.7. The molecule has 0 fully saturated rings. The van der Waals surface area contributed by atoms with Crippen molar-refractivity contribution in [3.63, 3.8) is 0 Å². The van der Waals surface area contributed by atoms with Crippen LogP contribution in [0.3, 0.4) is 0 Å². The number of anilines is 1. The maximum atomic E-state index is 14.1. The van der Waals surface area contributed by atoms with Crippen LogP contribution in [0.5, 0.6) is 11.5 Å². The lowest BCUT2D eigenvalue weighted by Crippen LogP contribution is -2.29. The largest absolute Gasteiger partial charge is 0.490 e. The molecule has 4 aromatic rings. The molecule has 2 heterocycles. The fourth-order valence-corrected chi connectivity index (χ4v) is 4.28. The number of hydrogen-bond donors (Lipinski definition) is 1. The van der Waals surface area contributed by atoms with Gasteiger partial charge in [-0.1, -0.05) is 54.6 Å². The van der Waals surface area contributed by atoms with Gasteiger partial charge in [0.2, 0.25) is 5.95 Å². The Labute approximate surface area is 213 Å². The Morgan fingerprint density at radius 1 is 1.03 bits per heavy atom. The van der Waals surface area contributed by atoms with E-state index < -0.39 is 12.0 Å². The van der Waals surface area contributed by atoms with Gasteiger partial charge in [0, 0.05) is 5.56 Å². The van der Waals surface area contributed by atoms with Gasteiger partial charge in [-0.25, -0.2) is 13.9 Å². The van der Waals surface area contributed by atoms with E-state index in [4.69, 9.17) is 14.2 Å². The zero-order valence-electron chi connectivity index (χ0n) is 20.3. The Morgan fingerprint density at radius 2 is 1.81 bits per heavy atom. The molecule has 0 amide bonds. The second kappa shape index (κ2) is 10.5. The monoisotopic (exact) mass is 500 g/mol. The van der Waals surface area contributed by atoms with Crippen LogP contribution in [-0.4, -0.2) is 34.5 Å². The van der Waals surface area contributed by atoms with Crippen LogP contribution in [0.2, 0.25) is 0 Å². The van der Waals surface area contributed by atoms with Crippen LogP contribution in [0.4, 0.5) is 10.3 Å². The van der Waals surface area contributed by atoms with Crippen molar-refractivity contribution < 1.29 is 23.4 Å². The summed E-state index contributed by atoms with van der Waals surface area (Å²) in [4.78, 5) is 17.5. The van der Waals surface area contributed by atoms with E-state index in [0.29, 0.717) is 46.5 Å². The molecule has 0 aliphatic carbocycles. The SMILES string of the molecule is CCOc1cc([C@@H]2C(C(=O)OC)=C(c3ccccc3)Nc3ncnn32)ccc1OCc1ccccc1F. The van der Waals surface area contributed by atoms with E-state index in [0.717, 1.165) is 5.56 Å². The molecule has 8 nitrogen and oxygen atoms in total. The first-order valence-electron chi connectivity index (χ1n) is 11.8. The minimum Gasteiger partial charge on any atom is -0.490 e. The predicted molar refractivity (Wildman–Crippen MR) is 136 cm³/mol. The van der Waals surface area contributed by atoms with Crippen LogP contribution in [0.15, 0.2) is 84.7 Å². The highest BCUT2D eigenvalue weighted by Crippen LogP contribution is 2.41. The Morgan fingerprint density at radius 3 is 2.57 bits per heavy atom. The Kier molecular flexibility index (Phi) is 6.85. The van der Waals surface area contributed by atoms with Crippen molar-refractivity contribution in [1.82, 2.24) is 14.8 Å². The highest BCUT2D eigenvalue weighted by molar-refractivity contribution is 6.02. The molecule has 0 saturated carbocycles. The van der Waals surface area contributed by atoms with Gasteiger partial charge in [0.15, 0.2) is 11.5 Å².